The standard InChI is InChI=1S/C37H66FNO13/c1-14-24-37(10,46)29(42)21(5)28(41)34(7,38)17-35(8,45)31(52-33-26(40)23(39(11)12)15-18(2)48-33)19(3)27(20(4)32(44)50-24)51-25-16-36(9,47-13)30(43)22(6)49-25/h18-27,29-31,33,40,42-43,45-46H,14-17H2,1-13H3/t18-,19+,20-,21+,22+,23+,24-,25+,26-,27+,29-,30+,31?,33+,34+,35-,36-,37-/m1/s1. The quantitative estimate of drug-likeness (QED) is 0.237. The molecule has 0 aromatic rings. The minimum Gasteiger partial charge on any atom is -0.459 e. The molecule has 14 nitrogen and oxygen atoms in total. The van der Waals surface area contributed by atoms with Gasteiger partial charge in [0, 0.05) is 37.8 Å². The number of aliphatic hydroxyl groups excluding tert-OH is 3. The van der Waals surface area contributed by atoms with Crippen LogP contribution in [0.5, 0.6) is 0 Å². The first kappa shape index (κ1) is 45.0. The van der Waals surface area contributed by atoms with Gasteiger partial charge in [-0.1, -0.05) is 20.8 Å². The third-order valence-corrected chi connectivity index (χ3v) is 11.8. The Balaban J connectivity index is 2.22. The SMILES string of the molecule is CC[C@H]1OC(=O)[C@H](C)[C@@H](O[C@H]2C[C@@](C)(OC)[C@@H](O)[C@H](C)O2)[C@H](C)C(O[C@@H]2O[C@H](C)C[C@H](N(C)C)[C@H]2O)[C@](C)(O)C[C@](C)(F)C(=O)[C@H](C)[C@@H](O)[C@]1(C)O. The number of cyclic esters (lactones) is 1. The first-order chi connectivity index (χ1) is 23.7. The highest BCUT2D eigenvalue weighted by Crippen LogP contribution is 2.42. The molecule has 0 saturated carbocycles. The summed E-state index contributed by atoms with van der Waals surface area (Å²) in [6.07, 6.45) is -11.9. The van der Waals surface area contributed by atoms with Crippen molar-refractivity contribution in [3.05, 3.63) is 0 Å². The van der Waals surface area contributed by atoms with Gasteiger partial charge in [-0.05, 0) is 75.4 Å². The number of methoxy groups -OCH3 is 1. The van der Waals surface area contributed by atoms with Crippen LogP contribution in [0.4, 0.5) is 4.39 Å². The summed E-state index contributed by atoms with van der Waals surface area (Å²) in [7, 11) is 5.04. The second-order valence-corrected chi connectivity index (χ2v) is 16.7. The average Bonchev–Trinajstić information content (AvgIpc) is 3.05. The monoisotopic (exact) mass is 751 g/mol. The van der Waals surface area contributed by atoms with E-state index < -0.39 is 120 Å². The van der Waals surface area contributed by atoms with Crippen LogP contribution in [0.1, 0.15) is 94.9 Å². The van der Waals surface area contributed by atoms with Gasteiger partial charge in [0.05, 0.1) is 47.6 Å². The summed E-state index contributed by atoms with van der Waals surface area (Å²) in [5.74, 6) is -5.61. The van der Waals surface area contributed by atoms with Crippen molar-refractivity contribution < 1.29 is 67.9 Å². The minimum atomic E-state index is -2.77. The lowest BCUT2D eigenvalue weighted by atomic mass is 9.73. The number of hydrogen-bond acceptors (Lipinski definition) is 14. The Kier molecular flexibility index (Phi) is 14.5. The third-order valence-electron chi connectivity index (χ3n) is 11.8. The number of esters is 1. The van der Waals surface area contributed by atoms with Crippen LogP contribution in [0.2, 0.25) is 0 Å². The van der Waals surface area contributed by atoms with Gasteiger partial charge in [0.1, 0.15) is 23.9 Å². The first-order valence-electron chi connectivity index (χ1n) is 18.5. The lowest BCUT2D eigenvalue weighted by Gasteiger charge is -2.49. The van der Waals surface area contributed by atoms with Crippen molar-refractivity contribution in [3.63, 3.8) is 0 Å². The fraction of sp³-hybridized carbons (Fsp3) is 0.946. The van der Waals surface area contributed by atoms with E-state index in [4.69, 9.17) is 28.4 Å². The Bertz CT molecular complexity index is 1220. The molecule has 52 heavy (non-hydrogen) atoms. The highest BCUT2D eigenvalue weighted by Gasteiger charge is 2.56. The molecule has 3 rings (SSSR count). The summed E-state index contributed by atoms with van der Waals surface area (Å²) in [6, 6.07) is -0.405. The molecule has 5 N–H and O–H groups in total. The second-order valence-electron chi connectivity index (χ2n) is 16.7. The number of rotatable bonds is 7. The molecule has 304 valence electrons. The number of alkyl halides is 1. The maximum absolute atomic E-state index is 16.8. The summed E-state index contributed by atoms with van der Waals surface area (Å²) in [5, 5.41) is 57.4. The molecule has 18 atom stereocenters. The zero-order chi connectivity index (χ0) is 39.9. The van der Waals surface area contributed by atoms with Crippen molar-refractivity contribution >= 4 is 11.8 Å². The van der Waals surface area contributed by atoms with Crippen molar-refractivity contribution in [2.75, 3.05) is 21.2 Å². The lowest BCUT2D eigenvalue weighted by Crippen LogP contribution is -2.62. The highest BCUT2D eigenvalue weighted by molar-refractivity contribution is 5.89. The Morgan fingerprint density at radius 3 is 2.06 bits per heavy atom. The van der Waals surface area contributed by atoms with Crippen molar-refractivity contribution in [2.45, 2.75) is 185 Å². The van der Waals surface area contributed by atoms with E-state index in [9.17, 15) is 35.1 Å². The molecule has 3 saturated heterocycles. The lowest BCUT2D eigenvalue weighted by molar-refractivity contribution is -0.318. The molecule has 3 heterocycles. The molecule has 3 aliphatic rings. The van der Waals surface area contributed by atoms with Crippen LogP contribution in [0.15, 0.2) is 0 Å². The van der Waals surface area contributed by atoms with Crippen LogP contribution in [0.25, 0.3) is 0 Å². The highest BCUT2D eigenvalue weighted by atomic mass is 19.1. The maximum atomic E-state index is 16.8. The normalized spacial score (nSPS) is 50.5. The second kappa shape index (κ2) is 16.8. The number of ether oxygens (including phenoxy) is 6. The van der Waals surface area contributed by atoms with Crippen LogP contribution >= 0.6 is 0 Å². The van der Waals surface area contributed by atoms with Gasteiger partial charge in [-0.2, -0.15) is 0 Å². The van der Waals surface area contributed by atoms with E-state index in [2.05, 4.69) is 0 Å². The predicted molar refractivity (Wildman–Crippen MR) is 187 cm³/mol. The number of hydrogen-bond donors (Lipinski definition) is 5. The topological polar surface area (TPSA) is 194 Å². The Morgan fingerprint density at radius 1 is 0.923 bits per heavy atom. The van der Waals surface area contributed by atoms with E-state index in [0.29, 0.717) is 6.42 Å². The van der Waals surface area contributed by atoms with E-state index in [1.807, 2.05) is 11.8 Å². The van der Waals surface area contributed by atoms with Crippen LogP contribution in [0, 0.1) is 17.8 Å². The molecule has 0 amide bonds. The van der Waals surface area contributed by atoms with Crippen molar-refractivity contribution in [1.29, 1.82) is 0 Å². The summed E-state index contributed by atoms with van der Waals surface area (Å²) in [5.41, 5.74) is -8.26. The summed E-state index contributed by atoms with van der Waals surface area (Å²) < 4.78 is 53.4. The van der Waals surface area contributed by atoms with E-state index in [0.717, 1.165) is 6.92 Å². The van der Waals surface area contributed by atoms with E-state index in [1.165, 1.54) is 34.8 Å². The van der Waals surface area contributed by atoms with Gasteiger partial charge in [0.25, 0.3) is 0 Å². The third kappa shape index (κ3) is 9.35. The Hall–Kier alpha value is -1.37. The zero-order valence-corrected chi connectivity index (χ0v) is 33.2. The van der Waals surface area contributed by atoms with Crippen molar-refractivity contribution in [1.82, 2.24) is 4.90 Å². The van der Waals surface area contributed by atoms with Crippen LogP contribution < -0.4 is 0 Å². The molecular weight excluding hydrogens is 685 g/mol. The number of halogens is 1. The number of carbonyl (C=O) groups is 2. The van der Waals surface area contributed by atoms with Crippen molar-refractivity contribution in [3.8, 4) is 0 Å². The molecule has 1 unspecified atom stereocenters. The molecule has 0 radical (unpaired) electrons. The van der Waals surface area contributed by atoms with Gasteiger partial charge >= 0.3 is 5.97 Å². The summed E-state index contributed by atoms with van der Waals surface area (Å²) in [4.78, 5) is 29.6. The number of nitrogens with zero attached hydrogens (tertiary/aromatic N) is 1. The predicted octanol–water partition coefficient (Wildman–Crippen LogP) is 1.88. The van der Waals surface area contributed by atoms with Gasteiger partial charge in [0.2, 0.25) is 0 Å². The Morgan fingerprint density at radius 2 is 1.52 bits per heavy atom. The summed E-state index contributed by atoms with van der Waals surface area (Å²) in [6.45, 7) is 14.7. The van der Waals surface area contributed by atoms with E-state index >= 15 is 4.39 Å². The molecule has 3 fully saturated rings. The number of ketones is 1. The minimum absolute atomic E-state index is 0.0296. The van der Waals surface area contributed by atoms with E-state index in [1.54, 1.807) is 41.8 Å². The number of aliphatic hydroxyl groups is 5. The Labute approximate surface area is 308 Å². The fourth-order valence-corrected chi connectivity index (χ4v) is 8.45. The molecule has 0 aromatic heterocycles. The molecule has 3 aliphatic heterocycles. The number of Topliss-reactive ketones (excluding diaryl/α,β-unsaturated/α-hetero) is 1. The largest absolute Gasteiger partial charge is 0.459 e. The van der Waals surface area contributed by atoms with Gasteiger partial charge in [0.15, 0.2) is 24.0 Å². The van der Waals surface area contributed by atoms with Gasteiger partial charge < -0.3 is 58.9 Å². The molecule has 0 aromatic carbocycles. The number of likely N-dealkylation sites (N-methyl/N-ethyl adjacent to an activating group) is 1. The van der Waals surface area contributed by atoms with Crippen LogP contribution in [-0.4, -0.2) is 153 Å². The van der Waals surface area contributed by atoms with Crippen LogP contribution in [0.3, 0.4) is 0 Å². The van der Waals surface area contributed by atoms with Gasteiger partial charge in [-0.25, -0.2) is 4.39 Å². The molecule has 0 bridgehead atoms. The fourth-order valence-electron chi connectivity index (χ4n) is 8.45. The summed E-state index contributed by atoms with van der Waals surface area (Å²) >= 11 is 0. The molecule has 0 spiro atoms. The van der Waals surface area contributed by atoms with Gasteiger partial charge in [-0.15, -0.1) is 0 Å². The van der Waals surface area contributed by atoms with Crippen molar-refractivity contribution in [2.24, 2.45) is 17.8 Å². The first-order valence-corrected chi connectivity index (χ1v) is 18.5. The van der Waals surface area contributed by atoms with E-state index in [-0.39, 0.29) is 18.9 Å². The van der Waals surface area contributed by atoms with Gasteiger partial charge in [-0.3, -0.25) is 9.59 Å². The maximum Gasteiger partial charge on any atom is 0.311 e. The zero-order valence-electron chi connectivity index (χ0n) is 33.2. The molecular formula is C37H66FNO13. The molecule has 0 aliphatic carbocycles. The smallest absolute Gasteiger partial charge is 0.311 e. The number of carbonyl (C=O) groups excluding carboxylic acids is 2. The average molecular weight is 752 g/mol. The van der Waals surface area contributed by atoms with Crippen LogP contribution in [-0.2, 0) is 38.0 Å². The molecule has 15 heteroatoms.